The van der Waals surface area contributed by atoms with E-state index in [0.717, 1.165) is 23.4 Å². The Balaban J connectivity index is 1.67. The van der Waals surface area contributed by atoms with Gasteiger partial charge in [-0.25, -0.2) is 9.82 Å². The number of hydrogen-bond acceptors (Lipinski definition) is 3. The van der Waals surface area contributed by atoms with Gasteiger partial charge in [0.05, 0.1) is 0 Å². The summed E-state index contributed by atoms with van der Waals surface area (Å²) in [7, 11) is 0. The summed E-state index contributed by atoms with van der Waals surface area (Å²) in [6, 6.07) is 6.31. The van der Waals surface area contributed by atoms with Gasteiger partial charge in [0.1, 0.15) is 5.82 Å². The molecule has 0 aromatic heterocycles. The Bertz CT molecular complexity index is 478. The molecule has 0 spiro atoms. The van der Waals surface area contributed by atoms with Crippen LogP contribution in [0.15, 0.2) is 34.3 Å². The van der Waals surface area contributed by atoms with Crippen molar-refractivity contribution in [1.29, 1.82) is 0 Å². The molecular weight excluding hydrogens is 287 g/mol. The van der Waals surface area contributed by atoms with E-state index >= 15 is 0 Å². The van der Waals surface area contributed by atoms with Crippen molar-refractivity contribution in [1.82, 2.24) is 5.43 Å². The van der Waals surface area contributed by atoms with Crippen LogP contribution in [0.3, 0.4) is 0 Å². The van der Waals surface area contributed by atoms with E-state index in [2.05, 4.69) is 10.5 Å². The Kier molecular flexibility index (Phi) is 6.73. The molecule has 0 radical (unpaired) electrons. The molecule has 1 N–H and O–H groups in total. The quantitative estimate of drug-likeness (QED) is 0.505. The second-order valence-corrected chi connectivity index (χ2v) is 6.35. The van der Waals surface area contributed by atoms with Gasteiger partial charge in [-0.3, -0.25) is 4.79 Å². The van der Waals surface area contributed by atoms with Crippen molar-refractivity contribution in [2.24, 2.45) is 5.10 Å². The molecule has 1 aromatic carbocycles. The molecule has 0 heterocycles. The van der Waals surface area contributed by atoms with Crippen LogP contribution in [-0.2, 0) is 4.79 Å². The lowest BCUT2D eigenvalue weighted by Gasteiger charge is -2.04. The van der Waals surface area contributed by atoms with Gasteiger partial charge in [-0.2, -0.15) is 5.10 Å². The lowest BCUT2D eigenvalue weighted by molar-refractivity contribution is -0.120. The first-order valence-corrected chi connectivity index (χ1v) is 8.45. The summed E-state index contributed by atoms with van der Waals surface area (Å²) in [6.07, 6.45) is 7.31. The fourth-order valence-corrected chi connectivity index (χ4v) is 3.09. The zero-order chi connectivity index (χ0) is 14.9. The minimum atomic E-state index is -0.240. The Labute approximate surface area is 129 Å². The van der Waals surface area contributed by atoms with E-state index < -0.39 is 0 Å². The Morgan fingerprint density at radius 2 is 1.81 bits per heavy atom. The van der Waals surface area contributed by atoms with E-state index in [-0.39, 0.29) is 11.7 Å². The van der Waals surface area contributed by atoms with Gasteiger partial charge in [0.15, 0.2) is 0 Å². The minimum Gasteiger partial charge on any atom is -0.273 e. The molecule has 1 aliphatic rings. The molecule has 2 rings (SSSR count). The first kappa shape index (κ1) is 16.0. The number of carbonyl (C=O) groups is 1. The summed E-state index contributed by atoms with van der Waals surface area (Å²) in [5.74, 6) is 0.375. The third-order valence-electron chi connectivity index (χ3n) is 3.43. The summed E-state index contributed by atoms with van der Waals surface area (Å²) in [4.78, 5) is 12.7. The number of nitrogens with zero attached hydrogens (tertiary/aromatic N) is 1. The zero-order valence-corrected chi connectivity index (χ0v) is 12.9. The van der Waals surface area contributed by atoms with Crippen LogP contribution < -0.4 is 5.43 Å². The standard InChI is InChI=1S/C16H21FN2OS/c17-13-7-9-15(10-8-13)21-12-11-16(20)19-18-14-5-3-1-2-4-6-14/h7-10H,1-6,11-12H2,(H,19,20). The second kappa shape index (κ2) is 8.82. The molecule has 0 unspecified atom stereocenters. The Morgan fingerprint density at radius 3 is 2.48 bits per heavy atom. The van der Waals surface area contributed by atoms with Crippen molar-refractivity contribution in [3.05, 3.63) is 30.1 Å². The molecule has 1 fully saturated rings. The minimum absolute atomic E-state index is 0.0543. The van der Waals surface area contributed by atoms with Crippen molar-refractivity contribution in [3.8, 4) is 0 Å². The van der Waals surface area contributed by atoms with Crippen LogP contribution in [0.2, 0.25) is 0 Å². The van der Waals surface area contributed by atoms with Crippen LogP contribution in [0.4, 0.5) is 4.39 Å². The maximum atomic E-state index is 12.8. The van der Waals surface area contributed by atoms with Crippen molar-refractivity contribution >= 4 is 23.4 Å². The average Bonchev–Trinajstić information content (AvgIpc) is 2.76. The van der Waals surface area contributed by atoms with Gasteiger partial charge in [0.25, 0.3) is 0 Å². The maximum Gasteiger partial charge on any atom is 0.240 e. The van der Waals surface area contributed by atoms with Crippen LogP contribution in [0.5, 0.6) is 0 Å². The summed E-state index contributed by atoms with van der Waals surface area (Å²) in [5, 5.41) is 4.24. The van der Waals surface area contributed by atoms with Crippen LogP contribution in [0, 0.1) is 5.82 Å². The van der Waals surface area contributed by atoms with Gasteiger partial charge >= 0.3 is 0 Å². The molecular formula is C16H21FN2OS. The highest BCUT2D eigenvalue weighted by Gasteiger charge is 2.07. The predicted octanol–water partition coefficient (Wildman–Crippen LogP) is 4.13. The summed E-state index contributed by atoms with van der Waals surface area (Å²) in [5.41, 5.74) is 3.77. The second-order valence-electron chi connectivity index (χ2n) is 5.18. The normalized spacial score (nSPS) is 15.4. The number of thioether (sulfide) groups is 1. The van der Waals surface area contributed by atoms with Crippen molar-refractivity contribution in [2.75, 3.05) is 5.75 Å². The number of hydrazone groups is 1. The first-order chi connectivity index (χ1) is 10.2. The van der Waals surface area contributed by atoms with Crippen LogP contribution in [0.1, 0.15) is 44.9 Å². The topological polar surface area (TPSA) is 41.5 Å². The number of carbonyl (C=O) groups excluding carboxylic acids is 1. The number of rotatable bonds is 5. The van der Waals surface area contributed by atoms with Gasteiger partial charge in [0, 0.05) is 22.8 Å². The SMILES string of the molecule is O=C(CCSc1ccc(F)cc1)NN=C1CCCCCC1. The fourth-order valence-electron chi connectivity index (χ4n) is 2.24. The van der Waals surface area contributed by atoms with Crippen LogP contribution >= 0.6 is 11.8 Å². The van der Waals surface area contributed by atoms with E-state index in [1.165, 1.54) is 37.8 Å². The van der Waals surface area contributed by atoms with Crippen LogP contribution in [-0.4, -0.2) is 17.4 Å². The van der Waals surface area contributed by atoms with Gasteiger partial charge in [-0.1, -0.05) is 12.8 Å². The Morgan fingerprint density at radius 1 is 1.14 bits per heavy atom. The molecule has 1 saturated carbocycles. The van der Waals surface area contributed by atoms with E-state index in [9.17, 15) is 9.18 Å². The Hall–Kier alpha value is -1.36. The number of halogens is 1. The summed E-state index contributed by atoms with van der Waals surface area (Å²) < 4.78 is 12.8. The highest BCUT2D eigenvalue weighted by molar-refractivity contribution is 7.99. The van der Waals surface area contributed by atoms with E-state index in [1.807, 2.05) is 0 Å². The number of benzene rings is 1. The predicted molar refractivity (Wildman–Crippen MR) is 85.0 cm³/mol. The molecule has 1 amide bonds. The molecule has 3 nitrogen and oxygen atoms in total. The van der Waals surface area contributed by atoms with Crippen molar-refractivity contribution < 1.29 is 9.18 Å². The third-order valence-corrected chi connectivity index (χ3v) is 4.44. The number of hydrogen-bond donors (Lipinski definition) is 1. The molecule has 1 aromatic rings. The smallest absolute Gasteiger partial charge is 0.240 e. The molecule has 21 heavy (non-hydrogen) atoms. The average molecular weight is 308 g/mol. The highest BCUT2D eigenvalue weighted by atomic mass is 32.2. The molecule has 5 heteroatoms. The van der Waals surface area contributed by atoms with Gasteiger partial charge in [-0.05, 0) is 49.9 Å². The maximum absolute atomic E-state index is 12.8. The zero-order valence-electron chi connectivity index (χ0n) is 12.1. The lowest BCUT2D eigenvalue weighted by atomic mass is 10.2. The molecule has 0 saturated heterocycles. The van der Waals surface area contributed by atoms with Crippen LogP contribution in [0.25, 0.3) is 0 Å². The molecule has 0 aliphatic heterocycles. The monoisotopic (exact) mass is 308 g/mol. The lowest BCUT2D eigenvalue weighted by Crippen LogP contribution is -2.19. The summed E-state index contributed by atoms with van der Waals surface area (Å²) in [6.45, 7) is 0. The van der Waals surface area contributed by atoms with Crippen molar-refractivity contribution in [2.45, 2.75) is 49.8 Å². The van der Waals surface area contributed by atoms with E-state index in [1.54, 1.807) is 23.9 Å². The third kappa shape index (κ3) is 6.29. The highest BCUT2D eigenvalue weighted by Crippen LogP contribution is 2.18. The van der Waals surface area contributed by atoms with E-state index in [0.29, 0.717) is 12.2 Å². The molecule has 0 atom stereocenters. The van der Waals surface area contributed by atoms with Gasteiger partial charge < -0.3 is 0 Å². The summed E-state index contributed by atoms with van der Waals surface area (Å²) >= 11 is 1.55. The van der Waals surface area contributed by atoms with Gasteiger partial charge in [0.2, 0.25) is 5.91 Å². The molecule has 114 valence electrons. The van der Waals surface area contributed by atoms with Gasteiger partial charge in [-0.15, -0.1) is 11.8 Å². The number of nitrogens with one attached hydrogen (secondary N) is 1. The largest absolute Gasteiger partial charge is 0.273 e. The first-order valence-electron chi connectivity index (χ1n) is 7.47. The molecule has 0 bridgehead atoms. The number of amides is 1. The fraction of sp³-hybridized carbons (Fsp3) is 0.500. The van der Waals surface area contributed by atoms with E-state index in [4.69, 9.17) is 0 Å². The molecule has 1 aliphatic carbocycles. The van der Waals surface area contributed by atoms with Crippen molar-refractivity contribution in [3.63, 3.8) is 0 Å².